The average molecular weight is 442 g/mol. The zero-order valence-electron chi connectivity index (χ0n) is 17.2. The van der Waals surface area contributed by atoms with E-state index in [2.05, 4.69) is 39.9 Å². The lowest BCUT2D eigenvalue weighted by atomic mass is 9.84. The Morgan fingerprint density at radius 2 is 2.00 bits per heavy atom. The second kappa shape index (κ2) is 9.11. The van der Waals surface area contributed by atoms with E-state index in [9.17, 15) is 4.79 Å². The number of nitrogens with one attached hydrogen (secondary N) is 1. The molecule has 0 radical (unpaired) electrons. The number of hydrogen-bond acceptors (Lipinski definition) is 4. The van der Waals surface area contributed by atoms with E-state index >= 15 is 0 Å². The highest BCUT2D eigenvalue weighted by Gasteiger charge is 2.36. The van der Waals surface area contributed by atoms with Gasteiger partial charge in [-0.25, -0.2) is 0 Å². The van der Waals surface area contributed by atoms with Crippen molar-refractivity contribution in [2.45, 2.75) is 57.2 Å². The molecular formula is C22H33Cl2N3O2. The Morgan fingerprint density at radius 3 is 2.76 bits per heavy atom. The molecule has 5 heterocycles. The Bertz CT molecular complexity index is 815. The van der Waals surface area contributed by atoms with Gasteiger partial charge >= 0.3 is 0 Å². The molecule has 0 amide bonds. The van der Waals surface area contributed by atoms with Gasteiger partial charge in [-0.05, 0) is 51.1 Å². The van der Waals surface area contributed by atoms with E-state index < -0.39 is 0 Å². The Kier molecular flexibility index (Phi) is 7.17. The van der Waals surface area contributed by atoms with Crippen LogP contribution in [-0.2, 0) is 17.8 Å². The molecule has 5 nitrogen and oxygen atoms in total. The zero-order chi connectivity index (χ0) is 18.4. The lowest BCUT2D eigenvalue weighted by Gasteiger charge is -2.42. The second-order valence-electron chi connectivity index (χ2n) is 9.09. The van der Waals surface area contributed by atoms with Crippen molar-refractivity contribution in [2.24, 2.45) is 5.92 Å². The number of aromatic nitrogens is 1. The minimum Gasteiger partial charge on any atom is -0.370 e. The summed E-state index contributed by atoms with van der Waals surface area (Å²) < 4.78 is 8.22. The standard InChI is InChI=1S/C22H31N3O2.2ClH/c1-16-4-9-27-22(11-16)5-7-24(8-6-22)15-18-2-3-20-19-10-17(12-23-13-19)14-25(20)21(18)26;;/h2-3,11,17,19,23H,4-10,12-15H2,1H3;2*1H/t17-,19+;;/m0../s1. The van der Waals surface area contributed by atoms with Crippen LogP contribution in [-0.4, -0.2) is 47.9 Å². The molecule has 0 saturated carbocycles. The highest BCUT2D eigenvalue weighted by Crippen LogP contribution is 2.34. The molecule has 4 aliphatic rings. The molecule has 2 bridgehead atoms. The van der Waals surface area contributed by atoms with Gasteiger partial charge < -0.3 is 14.6 Å². The van der Waals surface area contributed by atoms with Crippen molar-refractivity contribution < 1.29 is 4.74 Å². The fourth-order valence-electron chi connectivity index (χ4n) is 5.55. The van der Waals surface area contributed by atoms with Crippen molar-refractivity contribution in [3.63, 3.8) is 0 Å². The number of fused-ring (bicyclic) bond motifs is 4. The van der Waals surface area contributed by atoms with E-state index in [1.54, 1.807) is 0 Å². The molecule has 1 aromatic heterocycles. The molecular weight excluding hydrogens is 409 g/mol. The molecule has 1 N–H and O–H groups in total. The summed E-state index contributed by atoms with van der Waals surface area (Å²) in [5.74, 6) is 1.12. The summed E-state index contributed by atoms with van der Waals surface area (Å²) in [7, 11) is 0. The summed E-state index contributed by atoms with van der Waals surface area (Å²) in [5.41, 5.74) is 3.85. The summed E-state index contributed by atoms with van der Waals surface area (Å²) in [6.45, 7) is 8.78. The summed E-state index contributed by atoms with van der Waals surface area (Å²) in [4.78, 5) is 15.6. The van der Waals surface area contributed by atoms with Crippen molar-refractivity contribution in [2.75, 3.05) is 32.8 Å². The maximum Gasteiger partial charge on any atom is 0.255 e. The Balaban J connectivity index is 0.00000120. The number of nitrogens with zero attached hydrogens (tertiary/aromatic N) is 2. The molecule has 1 spiro atoms. The maximum atomic E-state index is 13.1. The number of hydrogen-bond donors (Lipinski definition) is 1. The number of halogens is 2. The van der Waals surface area contributed by atoms with Crippen LogP contribution in [0.25, 0.3) is 0 Å². The highest BCUT2D eigenvalue weighted by molar-refractivity contribution is 5.85. The molecule has 29 heavy (non-hydrogen) atoms. The largest absolute Gasteiger partial charge is 0.370 e. The van der Waals surface area contributed by atoms with Crippen LogP contribution < -0.4 is 10.9 Å². The third kappa shape index (κ3) is 4.45. The van der Waals surface area contributed by atoms with Gasteiger partial charge in [-0.1, -0.05) is 17.7 Å². The summed E-state index contributed by atoms with van der Waals surface area (Å²) in [6, 6.07) is 4.31. The van der Waals surface area contributed by atoms with Crippen molar-refractivity contribution in [1.29, 1.82) is 0 Å². The average Bonchev–Trinajstić information content (AvgIpc) is 2.67. The number of rotatable bonds is 2. The van der Waals surface area contributed by atoms with Gasteiger partial charge in [0.2, 0.25) is 0 Å². The third-order valence-electron chi connectivity index (χ3n) is 7.08. The number of likely N-dealkylation sites (tertiary alicyclic amines) is 1. The number of piperidine rings is 2. The van der Waals surface area contributed by atoms with Crippen molar-refractivity contribution in [1.82, 2.24) is 14.8 Å². The molecule has 0 aliphatic carbocycles. The maximum absolute atomic E-state index is 13.1. The van der Waals surface area contributed by atoms with Crippen LogP contribution in [0.2, 0.25) is 0 Å². The lowest BCUT2D eigenvalue weighted by molar-refractivity contribution is -0.0577. The summed E-state index contributed by atoms with van der Waals surface area (Å²) in [5, 5.41) is 3.52. The van der Waals surface area contributed by atoms with E-state index in [1.807, 2.05) is 0 Å². The first kappa shape index (κ1) is 22.8. The molecule has 7 heteroatoms. The van der Waals surface area contributed by atoms with Crippen LogP contribution in [0.3, 0.4) is 0 Å². The van der Waals surface area contributed by atoms with Gasteiger partial charge in [-0.15, -0.1) is 24.8 Å². The van der Waals surface area contributed by atoms with E-state index in [1.165, 1.54) is 17.7 Å². The third-order valence-corrected chi connectivity index (χ3v) is 7.08. The normalized spacial score (nSPS) is 28.0. The molecule has 5 rings (SSSR count). The van der Waals surface area contributed by atoms with Crippen molar-refractivity contribution in [3.05, 3.63) is 45.4 Å². The van der Waals surface area contributed by atoms with Crippen LogP contribution in [0.1, 0.15) is 49.8 Å². The molecule has 162 valence electrons. The van der Waals surface area contributed by atoms with Gasteiger partial charge in [0.05, 0.1) is 12.2 Å². The first-order valence-corrected chi connectivity index (χ1v) is 10.6. The molecule has 2 atom stereocenters. The first-order chi connectivity index (χ1) is 13.1. The van der Waals surface area contributed by atoms with Crippen molar-refractivity contribution >= 4 is 24.8 Å². The van der Waals surface area contributed by atoms with Gasteiger partial charge in [-0.2, -0.15) is 0 Å². The molecule has 4 aliphatic heterocycles. The zero-order valence-corrected chi connectivity index (χ0v) is 18.8. The van der Waals surface area contributed by atoms with Crippen LogP contribution in [0.4, 0.5) is 0 Å². The predicted octanol–water partition coefficient (Wildman–Crippen LogP) is 3.10. The Labute approximate surface area is 185 Å². The molecule has 0 unspecified atom stereocenters. The minimum absolute atomic E-state index is 0. The molecule has 0 aromatic carbocycles. The molecule has 2 fully saturated rings. The smallest absolute Gasteiger partial charge is 0.255 e. The second-order valence-corrected chi connectivity index (χ2v) is 9.09. The summed E-state index contributed by atoms with van der Waals surface area (Å²) >= 11 is 0. The van der Waals surface area contributed by atoms with Gasteiger partial charge in [0.25, 0.3) is 5.56 Å². The first-order valence-electron chi connectivity index (χ1n) is 10.6. The van der Waals surface area contributed by atoms with Crippen LogP contribution >= 0.6 is 24.8 Å². The highest BCUT2D eigenvalue weighted by atomic mass is 35.5. The van der Waals surface area contributed by atoms with Gasteiger partial charge in [0.15, 0.2) is 0 Å². The van der Waals surface area contributed by atoms with E-state index in [4.69, 9.17) is 4.74 Å². The van der Waals surface area contributed by atoms with E-state index in [0.717, 1.165) is 70.7 Å². The predicted molar refractivity (Wildman–Crippen MR) is 120 cm³/mol. The van der Waals surface area contributed by atoms with Gasteiger partial charge in [0, 0.05) is 49.9 Å². The lowest BCUT2D eigenvalue weighted by Crippen LogP contribution is -2.47. The Hall–Kier alpha value is -0.850. The topological polar surface area (TPSA) is 46.5 Å². The minimum atomic E-state index is -0.0474. The van der Waals surface area contributed by atoms with E-state index in [-0.39, 0.29) is 36.0 Å². The van der Waals surface area contributed by atoms with Crippen LogP contribution in [0.15, 0.2) is 28.6 Å². The fraction of sp³-hybridized carbons (Fsp3) is 0.682. The fourth-order valence-corrected chi connectivity index (χ4v) is 5.55. The SMILES string of the molecule is CC1=CC2(CCN(Cc3ccc4n(c3=O)C[C@@H]3CNC[C@H]4C3)CC2)OCC1.Cl.Cl. The van der Waals surface area contributed by atoms with Crippen LogP contribution in [0, 0.1) is 5.92 Å². The van der Waals surface area contributed by atoms with E-state index in [0.29, 0.717) is 11.8 Å². The van der Waals surface area contributed by atoms with Crippen molar-refractivity contribution in [3.8, 4) is 0 Å². The molecule has 1 aromatic rings. The number of ether oxygens (including phenoxy) is 1. The van der Waals surface area contributed by atoms with Gasteiger partial charge in [-0.3, -0.25) is 9.69 Å². The molecule has 2 saturated heterocycles. The quantitative estimate of drug-likeness (QED) is 0.716. The number of pyridine rings is 1. The van der Waals surface area contributed by atoms with Gasteiger partial charge in [0.1, 0.15) is 0 Å². The monoisotopic (exact) mass is 441 g/mol. The summed E-state index contributed by atoms with van der Waals surface area (Å²) in [6.07, 6.45) is 6.72. The van der Waals surface area contributed by atoms with Crippen LogP contribution in [0.5, 0.6) is 0 Å². The Morgan fingerprint density at radius 1 is 1.21 bits per heavy atom.